The van der Waals surface area contributed by atoms with Gasteiger partial charge in [-0.15, -0.1) is 29.9 Å². The van der Waals surface area contributed by atoms with Crippen molar-refractivity contribution in [2.24, 2.45) is 11.7 Å². The zero-order chi connectivity index (χ0) is 8.39. The van der Waals surface area contributed by atoms with E-state index >= 15 is 0 Å². The Bertz CT molecular complexity index is 260. The number of nitrogens with two attached hydrogens (primary N) is 1. The van der Waals surface area contributed by atoms with Crippen LogP contribution < -0.4 is 5.73 Å². The first-order valence-corrected chi connectivity index (χ1v) is 4.47. The van der Waals surface area contributed by atoms with Crippen LogP contribution in [-0.4, -0.2) is 15.0 Å². The van der Waals surface area contributed by atoms with E-state index in [1.807, 2.05) is 10.9 Å². The average Bonchev–Trinajstić information content (AvgIpc) is 2.44. The smallest absolute Gasteiger partial charge is 0.0962 e. The van der Waals surface area contributed by atoms with Crippen molar-refractivity contribution in [3.05, 3.63) is 11.9 Å². The van der Waals surface area contributed by atoms with Crippen molar-refractivity contribution < 1.29 is 0 Å². The Labute approximate surface area is 96.1 Å². The number of aromatic nitrogens is 3. The van der Waals surface area contributed by atoms with E-state index in [1.54, 1.807) is 0 Å². The second-order valence-electron chi connectivity index (χ2n) is 3.43. The van der Waals surface area contributed by atoms with Crippen LogP contribution in [0.1, 0.15) is 25.0 Å². The first kappa shape index (κ1) is 13.7. The lowest BCUT2D eigenvalue weighted by atomic mass is 9.85. The van der Waals surface area contributed by atoms with E-state index in [1.165, 1.54) is 19.3 Å². The average molecular weight is 239 g/mol. The molecule has 2 N–H and O–H groups in total. The van der Waals surface area contributed by atoms with Gasteiger partial charge in [-0.05, 0) is 18.8 Å². The molecule has 0 bridgehead atoms. The van der Waals surface area contributed by atoms with Crippen LogP contribution in [0, 0.1) is 5.92 Å². The molecule has 4 nitrogen and oxygen atoms in total. The van der Waals surface area contributed by atoms with Crippen LogP contribution >= 0.6 is 24.8 Å². The maximum Gasteiger partial charge on any atom is 0.0962 e. The molecule has 0 amide bonds. The minimum Gasteiger partial charge on any atom is -0.325 e. The van der Waals surface area contributed by atoms with Crippen molar-refractivity contribution in [3.63, 3.8) is 0 Å². The zero-order valence-electron chi connectivity index (χ0n) is 7.93. The van der Waals surface area contributed by atoms with Gasteiger partial charge < -0.3 is 5.73 Å². The molecule has 1 aromatic rings. The summed E-state index contributed by atoms with van der Waals surface area (Å²) < 4.78 is 1.91. The molecule has 0 saturated heterocycles. The highest BCUT2D eigenvalue weighted by atomic mass is 35.5. The topological polar surface area (TPSA) is 56.7 Å². The molecular weight excluding hydrogens is 223 g/mol. The molecule has 0 unspecified atom stereocenters. The van der Waals surface area contributed by atoms with Gasteiger partial charge in [0.05, 0.1) is 5.69 Å². The van der Waals surface area contributed by atoms with E-state index in [2.05, 4.69) is 10.3 Å². The summed E-state index contributed by atoms with van der Waals surface area (Å²) in [6, 6.07) is 0. The molecule has 2 rings (SSSR count). The highest BCUT2D eigenvalue weighted by Gasteiger charge is 2.18. The maximum absolute atomic E-state index is 5.42. The summed E-state index contributed by atoms with van der Waals surface area (Å²) in [4.78, 5) is 0. The third kappa shape index (κ3) is 3.12. The van der Waals surface area contributed by atoms with E-state index in [-0.39, 0.29) is 24.8 Å². The van der Waals surface area contributed by atoms with Crippen molar-refractivity contribution >= 4 is 24.8 Å². The summed E-state index contributed by atoms with van der Waals surface area (Å²) in [5.41, 5.74) is 6.31. The molecular formula is C8H16Cl2N4. The van der Waals surface area contributed by atoms with E-state index < -0.39 is 0 Å². The number of nitrogens with zero attached hydrogens (tertiary/aromatic N) is 3. The molecule has 1 aliphatic rings. The van der Waals surface area contributed by atoms with Gasteiger partial charge in [0.15, 0.2) is 0 Å². The van der Waals surface area contributed by atoms with Crippen LogP contribution in [0.25, 0.3) is 0 Å². The van der Waals surface area contributed by atoms with Crippen LogP contribution in [0.5, 0.6) is 0 Å². The Morgan fingerprint density at radius 2 is 2.14 bits per heavy atom. The molecule has 0 atom stereocenters. The number of hydrogen-bond donors (Lipinski definition) is 1. The van der Waals surface area contributed by atoms with Gasteiger partial charge in [-0.1, -0.05) is 11.6 Å². The Kier molecular flexibility index (Phi) is 6.08. The normalized spacial score (nSPS) is 15.2. The van der Waals surface area contributed by atoms with E-state index in [9.17, 15) is 0 Å². The van der Waals surface area contributed by atoms with Crippen LogP contribution in [0.4, 0.5) is 0 Å². The molecule has 1 heterocycles. The van der Waals surface area contributed by atoms with Crippen LogP contribution in [-0.2, 0) is 13.1 Å². The molecule has 1 aromatic heterocycles. The molecule has 1 aliphatic carbocycles. The third-order valence-electron chi connectivity index (χ3n) is 2.47. The highest BCUT2D eigenvalue weighted by Crippen LogP contribution is 2.27. The van der Waals surface area contributed by atoms with Gasteiger partial charge in [0, 0.05) is 19.3 Å². The Hall–Kier alpha value is -0.320. The fourth-order valence-electron chi connectivity index (χ4n) is 1.46. The lowest BCUT2D eigenvalue weighted by Crippen LogP contribution is -2.18. The third-order valence-corrected chi connectivity index (χ3v) is 2.47. The first-order valence-electron chi connectivity index (χ1n) is 4.47. The number of hydrogen-bond acceptors (Lipinski definition) is 3. The first-order chi connectivity index (χ1) is 5.88. The van der Waals surface area contributed by atoms with Gasteiger partial charge in [-0.3, -0.25) is 4.68 Å². The zero-order valence-corrected chi connectivity index (χ0v) is 9.56. The van der Waals surface area contributed by atoms with E-state index in [4.69, 9.17) is 5.73 Å². The predicted molar refractivity (Wildman–Crippen MR) is 59.8 cm³/mol. The van der Waals surface area contributed by atoms with E-state index in [0.717, 1.165) is 18.2 Å². The SMILES string of the molecule is Cl.Cl.NCc1cn(CC2CCC2)nn1. The minimum atomic E-state index is 0. The lowest BCUT2D eigenvalue weighted by molar-refractivity contribution is 0.264. The largest absolute Gasteiger partial charge is 0.325 e. The minimum absolute atomic E-state index is 0. The summed E-state index contributed by atoms with van der Waals surface area (Å²) in [6.45, 7) is 1.51. The van der Waals surface area contributed by atoms with Gasteiger partial charge in [0.2, 0.25) is 0 Å². The second kappa shape index (κ2) is 6.22. The molecule has 0 aromatic carbocycles. The Balaban J connectivity index is 0.000000845. The standard InChI is InChI=1S/C8H14N4.2ClH/c9-4-8-6-12(11-10-8)5-7-2-1-3-7;;/h6-7H,1-5,9H2;2*1H. The van der Waals surface area contributed by atoms with Crippen LogP contribution in [0.15, 0.2) is 6.20 Å². The van der Waals surface area contributed by atoms with Crippen molar-refractivity contribution in [2.45, 2.75) is 32.4 Å². The summed E-state index contributed by atoms with van der Waals surface area (Å²) in [7, 11) is 0. The van der Waals surface area contributed by atoms with Crippen LogP contribution in [0.3, 0.4) is 0 Å². The molecule has 1 fully saturated rings. The Morgan fingerprint density at radius 3 is 2.57 bits per heavy atom. The highest BCUT2D eigenvalue weighted by molar-refractivity contribution is 5.85. The van der Waals surface area contributed by atoms with Crippen molar-refractivity contribution in [3.8, 4) is 0 Å². The van der Waals surface area contributed by atoms with Crippen molar-refractivity contribution in [1.82, 2.24) is 15.0 Å². The molecule has 0 spiro atoms. The molecule has 1 saturated carbocycles. The monoisotopic (exact) mass is 238 g/mol. The summed E-state index contributed by atoms with van der Waals surface area (Å²) in [5, 5.41) is 7.93. The van der Waals surface area contributed by atoms with Crippen molar-refractivity contribution in [1.29, 1.82) is 0 Å². The fourth-order valence-corrected chi connectivity index (χ4v) is 1.46. The number of rotatable bonds is 3. The molecule has 0 aliphatic heterocycles. The Morgan fingerprint density at radius 1 is 1.43 bits per heavy atom. The molecule has 82 valence electrons. The quantitative estimate of drug-likeness (QED) is 0.866. The van der Waals surface area contributed by atoms with Gasteiger partial charge in [-0.2, -0.15) is 0 Å². The van der Waals surface area contributed by atoms with Crippen LogP contribution in [0.2, 0.25) is 0 Å². The maximum atomic E-state index is 5.42. The molecule has 0 radical (unpaired) electrons. The van der Waals surface area contributed by atoms with Gasteiger partial charge in [-0.25, -0.2) is 0 Å². The fraction of sp³-hybridized carbons (Fsp3) is 0.750. The summed E-state index contributed by atoms with van der Waals surface area (Å²) in [5.74, 6) is 0.831. The summed E-state index contributed by atoms with van der Waals surface area (Å²) in [6.07, 6.45) is 6.01. The van der Waals surface area contributed by atoms with Gasteiger partial charge in [0.25, 0.3) is 0 Å². The second-order valence-corrected chi connectivity index (χ2v) is 3.43. The van der Waals surface area contributed by atoms with Gasteiger partial charge >= 0.3 is 0 Å². The molecule has 14 heavy (non-hydrogen) atoms. The summed E-state index contributed by atoms with van der Waals surface area (Å²) >= 11 is 0. The molecule has 6 heteroatoms. The lowest BCUT2D eigenvalue weighted by Gasteiger charge is -2.24. The van der Waals surface area contributed by atoms with Gasteiger partial charge in [0.1, 0.15) is 0 Å². The number of halogens is 2. The van der Waals surface area contributed by atoms with Crippen molar-refractivity contribution in [2.75, 3.05) is 0 Å². The van der Waals surface area contributed by atoms with E-state index in [0.29, 0.717) is 6.54 Å². The predicted octanol–water partition coefficient (Wildman–Crippen LogP) is 1.38.